The monoisotopic (exact) mass is 346 g/mol. The van der Waals surface area contributed by atoms with Crippen molar-refractivity contribution in [3.05, 3.63) is 24.3 Å². The van der Waals surface area contributed by atoms with Gasteiger partial charge in [0.1, 0.15) is 5.75 Å². The number of hydrogen-bond donors (Lipinski definition) is 2. The number of ether oxygens (including phenoxy) is 1. The Kier molecular flexibility index (Phi) is 9.04. The second-order valence-electron chi connectivity index (χ2n) is 5.70. The molecule has 0 aromatic heterocycles. The van der Waals surface area contributed by atoms with Gasteiger partial charge in [0.05, 0.1) is 6.61 Å². The average molecular weight is 346 g/mol. The first-order valence-corrected chi connectivity index (χ1v) is 8.23. The minimum Gasteiger partial charge on any atom is -0.494 e. The van der Waals surface area contributed by atoms with Gasteiger partial charge in [-0.15, -0.1) is 0 Å². The SMILES string of the molecule is NC(=O)Nc1ccc(OCCCCCCCCCC(F)(F)F)cc1. The average Bonchev–Trinajstić information content (AvgIpc) is 2.49. The summed E-state index contributed by atoms with van der Waals surface area (Å²) in [7, 11) is 0. The van der Waals surface area contributed by atoms with Gasteiger partial charge in [-0.2, -0.15) is 13.2 Å². The van der Waals surface area contributed by atoms with Crippen LogP contribution in [0.15, 0.2) is 24.3 Å². The van der Waals surface area contributed by atoms with Gasteiger partial charge in [0.25, 0.3) is 0 Å². The lowest BCUT2D eigenvalue weighted by molar-refractivity contribution is -0.135. The molecule has 1 rings (SSSR count). The highest BCUT2D eigenvalue weighted by atomic mass is 19.4. The summed E-state index contributed by atoms with van der Waals surface area (Å²) in [4.78, 5) is 10.7. The Morgan fingerprint density at radius 3 is 2.04 bits per heavy atom. The molecule has 0 unspecified atom stereocenters. The minimum atomic E-state index is -4.02. The highest BCUT2D eigenvalue weighted by Crippen LogP contribution is 2.23. The summed E-state index contributed by atoms with van der Waals surface area (Å²) in [5.74, 6) is 0.720. The Morgan fingerprint density at radius 1 is 0.958 bits per heavy atom. The van der Waals surface area contributed by atoms with E-state index in [1.165, 1.54) is 0 Å². The maximum atomic E-state index is 12.0. The molecule has 1 aromatic rings. The first-order valence-electron chi connectivity index (χ1n) is 8.23. The van der Waals surface area contributed by atoms with Gasteiger partial charge >= 0.3 is 12.2 Å². The van der Waals surface area contributed by atoms with Gasteiger partial charge in [-0.05, 0) is 37.1 Å². The smallest absolute Gasteiger partial charge is 0.389 e. The van der Waals surface area contributed by atoms with Crippen LogP contribution >= 0.6 is 0 Å². The third-order valence-corrected chi connectivity index (χ3v) is 3.50. The zero-order valence-corrected chi connectivity index (χ0v) is 13.7. The summed E-state index contributed by atoms with van der Waals surface area (Å²) < 4.78 is 41.4. The number of halogens is 3. The number of primary amides is 1. The van der Waals surface area contributed by atoms with Crippen molar-refractivity contribution in [1.29, 1.82) is 0 Å². The number of hydrogen-bond acceptors (Lipinski definition) is 2. The van der Waals surface area contributed by atoms with Gasteiger partial charge in [-0.25, -0.2) is 4.79 Å². The third kappa shape index (κ3) is 10.7. The van der Waals surface area contributed by atoms with E-state index in [1.54, 1.807) is 24.3 Å². The van der Waals surface area contributed by atoms with Crippen molar-refractivity contribution in [3.8, 4) is 5.75 Å². The second kappa shape index (κ2) is 10.8. The van der Waals surface area contributed by atoms with Crippen LogP contribution in [-0.2, 0) is 0 Å². The van der Waals surface area contributed by atoms with Crippen molar-refractivity contribution in [1.82, 2.24) is 0 Å². The molecule has 0 bridgehead atoms. The van der Waals surface area contributed by atoms with Gasteiger partial charge in [-0.1, -0.05) is 32.1 Å². The van der Waals surface area contributed by atoms with E-state index in [1.807, 2.05) is 0 Å². The summed E-state index contributed by atoms with van der Waals surface area (Å²) in [6.07, 6.45) is 0.910. The Labute approximate surface area is 140 Å². The predicted octanol–water partition coefficient (Wildman–Crippen LogP) is 5.24. The summed E-state index contributed by atoms with van der Waals surface area (Å²) >= 11 is 0. The highest BCUT2D eigenvalue weighted by molar-refractivity contribution is 5.87. The Morgan fingerprint density at radius 2 is 1.50 bits per heavy atom. The predicted molar refractivity (Wildman–Crippen MR) is 88.1 cm³/mol. The number of urea groups is 1. The van der Waals surface area contributed by atoms with Crippen molar-refractivity contribution in [2.24, 2.45) is 5.73 Å². The third-order valence-electron chi connectivity index (χ3n) is 3.50. The highest BCUT2D eigenvalue weighted by Gasteiger charge is 2.25. The van der Waals surface area contributed by atoms with Crippen molar-refractivity contribution in [3.63, 3.8) is 0 Å². The van der Waals surface area contributed by atoms with Crippen molar-refractivity contribution < 1.29 is 22.7 Å². The summed E-state index contributed by atoms with van der Waals surface area (Å²) in [5, 5.41) is 2.47. The second-order valence-corrected chi connectivity index (χ2v) is 5.70. The van der Waals surface area contributed by atoms with Crippen molar-refractivity contribution in [2.45, 2.75) is 57.5 Å². The topological polar surface area (TPSA) is 64.4 Å². The van der Waals surface area contributed by atoms with Crippen LogP contribution in [-0.4, -0.2) is 18.8 Å². The number of unbranched alkanes of at least 4 members (excludes halogenated alkanes) is 6. The molecule has 24 heavy (non-hydrogen) atoms. The van der Waals surface area contributed by atoms with E-state index in [-0.39, 0.29) is 6.42 Å². The molecule has 0 spiro atoms. The minimum absolute atomic E-state index is 0.229. The number of nitrogens with one attached hydrogen (secondary N) is 1. The Bertz CT molecular complexity index is 476. The molecule has 7 heteroatoms. The molecule has 0 atom stereocenters. The number of amides is 2. The maximum absolute atomic E-state index is 12.0. The largest absolute Gasteiger partial charge is 0.494 e. The molecule has 0 aliphatic heterocycles. The molecule has 0 heterocycles. The van der Waals surface area contributed by atoms with E-state index < -0.39 is 18.6 Å². The molecule has 4 nitrogen and oxygen atoms in total. The molecule has 0 aliphatic carbocycles. The summed E-state index contributed by atoms with van der Waals surface area (Å²) in [6.45, 7) is 0.594. The molecule has 0 fully saturated rings. The van der Waals surface area contributed by atoms with Crippen molar-refractivity contribution >= 4 is 11.7 Å². The molecule has 0 saturated carbocycles. The van der Waals surface area contributed by atoms with Crippen molar-refractivity contribution in [2.75, 3.05) is 11.9 Å². The van der Waals surface area contributed by atoms with E-state index in [0.29, 0.717) is 18.7 Å². The number of rotatable bonds is 11. The van der Waals surface area contributed by atoms with Gasteiger partial charge in [0.15, 0.2) is 0 Å². The van der Waals surface area contributed by atoms with E-state index in [4.69, 9.17) is 10.5 Å². The van der Waals surface area contributed by atoms with Crippen LogP contribution in [0.3, 0.4) is 0 Å². The fraction of sp³-hybridized carbons (Fsp3) is 0.588. The fourth-order valence-electron chi connectivity index (χ4n) is 2.28. The van der Waals surface area contributed by atoms with Gasteiger partial charge in [0.2, 0.25) is 0 Å². The molecule has 1 aromatic carbocycles. The molecular formula is C17H25F3N2O2. The Hall–Kier alpha value is -1.92. The molecule has 2 amide bonds. The van der Waals surface area contributed by atoms with E-state index in [0.717, 1.165) is 37.9 Å². The van der Waals surface area contributed by atoms with Crippen LogP contribution in [0.5, 0.6) is 5.75 Å². The standard InChI is InChI=1S/C17H25F3N2O2/c18-17(19,20)12-6-4-2-1-3-5-7-13-24-15-10-8-14(9-11-15)22-16(21)23/h8-11H,1-7,12-13H2,(H3,21,22,23). The number of benzene rings is 1. The molecule has 3 N–H and O–H groups in total. The van der Waals surface area contributed by atoms with Gasteiger partial charge in [-0.3, -0.25) is 0 Å². The van der Waals surface area contributed by atoms with Gasteiger partial charge < -0.3 is 15.8 Å². The molecule has 0 aliphatic rings. The summed E-state index contributed by atoms with van der Waals surface area (Å²) in [6, 6.07) is 6.32. The van der Waals surface area contributed by atoms with Crippen LogP contribution in [0, 0.1) is 0 Å². The van der Waals surface area contributed by atoms with Crippen LogP contribution in [0.2, 0.25) is 0 Å². The van der Waals surface area contributed by atoms with Crippen LogP contribution in [0.1, 0.15) is 51.4 Å². The maximum Gasteiger partial charge on any atom is 0.389 e. The normalized spacial score (nSPS) is 11.3. The lowest BCUT2D eigenvalue weighted by Gasteiger charge is -2.08. The number of carbonyl (C=O) groups excluding carboxylic acids is 1. The van der Waals surface area contributed by atoms with E-state index >= 15 is 0 Å². The number of carbonyl (C=O) groups is 1. The lowest BCUT2D eigenvalue weighted by atomic mass is 10.1. The first-order chi connectivity index (χ1) is 11.4. The number of alkyl halides is 3. The molecule has 0 radical (unpaired) electrons. The van der Waals surface area contributed by atoms with Crippen LogP contribution in [0.25, 0.3) is 0 Å². The van der Waals surface area contributed by atoms with Crippen LogP contribution < -0.4 is 15.8 Å². The number of nitrogens with two attached hydrogens (primary N) is 1. The van der Waals surface area contributed by atoms with Gasteiger partial charge in [0, 0.05) is 12.1 Å². The zero-order chi connectivity index (χ0) is 17.8. The van der Waals surface area contributed by atoms with E-state index in [2.05, 4.69) is 5.32 Å². The molecule has 136 valence electrons. The Balaban J connectivity index is 1.97. The lowest BCUT2D eigenvalue weighted by Crippen LogP contribution is -2.19. The van der Waals surface area contributed by atoms with Crippen LogP contribution in [0.4, 0.5) is 23.7 Å². The number of anilines is 1. The zero-order valence-electron chi connectivity index (χ0n) is 13.7. The fourth-order valence-corrected chi connectivity index (χ4v) is 2.28. The van der Waals surface area contributed by atoms with E-state index in [9.17, 15) is 18.0 Å². The quantitative estimate of drug-likeness (QED) is 0.538. The molecule has 0 saturated heterocycles. The molecular weight excluding hydrogens is 321 g/mol. The first kappa shape index (κ1) is 20.1. The summed E-state index contributed by atoms with van der Waals surface area (Å²) in [5.41, 5.74) is 5.63.